The maximum Gasteiger partial charge on any atom is 0.126 e. The molecule has 2 heteroatoms. The number of hydrogen-bond donors (Lipinski definition) is 0. The summed E-state index contributed by atoms with van der Waals surface area (Å²) < 4.78 is 26.0. The Morgan fingerprint density at radius 2 is 0.570 bits per heavy atom. The Morgan fingerprint density at radius 3 is 0.849 bits per heavy atom. The van der Waals surface area contributed by atoms with Gasteiger partial charge in [-0.3, -0.25) is 0 Å². The highest BCUT2D eigenvalue weighted by Gasteiger charge is 2.09. The maximum atomic E-state index is 13.1. The molecule has 8 aromatic rings. The second-order valence-electron chi connectivity index (χ2n) is 26.2. The second kappa shape index (κ2) is 40.1. The fraction of sp³-hybridized carbons (Fsp3) is 0.429. The molecule has 0 heterocycles. The van der Waals surface area contributed by atoms with E-state index in [1.165, 1.54) is 83.5 Å². The summed E-state index contributed by atoms with van der Waals surface area (Å²) in [5.41, 5.74) is 24.8. The summed E-state index contributed by atoms with van der Waals surface area (Å²) in [6.45, 7) is 58.0. The fourth-order valence-corrected chi connectivity index (χ4v) is 9.90. The Hall–Kier alpha value is -6.38. The summed E-state index contributed by atoms with van der Waals surface area (Å²) in [4.78, 5) is 0. The zero-order valence-corrected chi connectivity index (χ0v) is 59.2. The lowest BCUT2D eigenvalue weighted by atomic mass is 9.92. The third-order valence-electron chi connectivity index (χ3n) is 15.4. The highest BCUT2D eigenvalue weighted by molar-refractivity contribution is 5.40. The van der Waals surface area contributed by atoms with Gasteiger partial charge in [0.15, 0.2) is 0 Å². The van der Waals surface area contributed by atoms with E-state index in [0.29, 0.717) is 41.4 Å². The second-order valence-corrected chi connectivity index (χ2v) is 26.2. The van der Waals surface area contributed by atoms with E-state index in [1.807, 2.05) is 45.0 Å². The summed E-state index contributed by atoms with van der Waals surface area (Å²) >= 11 is 0. The van der Waals surface area contributed by atoms with Crippen LogP contribution in [0.3, 0.4) is 0 Å². The van der Waals surface area contributed by atoms with E-state index in [9.17, 15) is 8.78 Å². The molecule has 0 nitrogen and oxygen atoms in total. The summed E-state index contributed by atoms with van der Waals surface area (Å²) in [5.74, 6) is 4.40. The van der Waals surface area contributed by atoms with Gasteiger partial charge in [0, 0.05) is 0 Å². The SMILES string of the molecule is CCc1ccc(C(C)C)cc1.Cc1cc(C)c(C(C)C)c(C)c1.Cc1ccc(C(C)C)c(F)c1.Cc1ccc(C(C)C)cc1.Cc1ccc(C(C)C)cc1.Cc1ccc(C(C)C)cc1.Cc1ccc(C(C)C)cc1F.Cc1cccc(C)c1C(C)C. The van der Waals surface area contributed by atoms with Crippen molar-refractivity contribution < 1.29 is 8.78 Å². The van der Waals surface area contributed by atoms with Crippen LogP contribution in [0.25, 0.3) is 0 Å². The zero-order valence-electron chi connectivity index (χ0n) is 59.2. The lowest BCUT2D eigenvalue weighted by molar-refractivity contribution is 0.597. The first-order valence-electron chi connectivity index (χ1n) is 32.1. The van der Waals surface area contributed by atoms with Crippen LogP contribution in [-0.2, 0) is 6.42 Å². The smallest absolute Gasteiger partial charge is 0.126 e. The van der Waals surface area contributed by atoms with Crippen molar-refractivity contribution in [2.45, 2.75) is 241 Å². The molecular weight excluding hydrogens is 1050 g/mol. The van der Waals surface area contributed by atoms with Crippen LogP contribution in [0.5, 0.6) is 0 Å². The minimum atomic E-state index is -0.101. The van der Waals surface area contributed by atoms with Crippen LogP contribution >= 0.6 is 0 Å². The molecule has 0 spiro atoms. The molecule has 0 radical (unpaired) electrons. The third kappa shape index (κ3) is 29.8. The summed E-state index contributed by atoms with van der Waals surface area (Å²) in [6, 6.07) is 56.8. The molecule has 0 atom stereocenters. The highest BCUT2D eigenvalue weighted by Crippen LogP contribution is 2.26. The van der Waals surface area contributed by atoms with Crippen LogP contribution < -0.4 is 0 Å². The van der Waals surface area contributed by atoms with Gasteiger partial charge in [0.2, 0.25) is 0 Å². The van der Waals surface area contributed by atoms with Crippen molar-refractivity contribution in [3.63, 3.8) is 0 Å². The lowest BCUT2D eigenvalue weighted by Gasteiger charge is -2.14. The predicted octanol–water partition coefficient (Wildman–Crippen LogP) is 26.4. The van der Waals surface area contributed by atoms with Crippen molar-refractivity contribution in [3.05, 3.63) is 281 Å². The first-order chi connectivity index (χ1) is 40.2. The fourth-order valence-electron chi connectivity index (χ4n) is 9.90. The van der Waals surface area contributed by atoms with Crippen molar-refractivity contribution in [2.24, 2.45) is 0 Å². The van der Waals surface area contributed by atoms with Gasteiger partial charge in [-0.2, -0.15) is 0 Å². The van der Waals surface area contributed by atoms with E-state index in [4.69, 9.17) is 0 Å². The van der Waals surface area contributed by atoms with Gasteiger partial charge < -0.3 is 0 Å². The van der Waals surface area contributed by atoms with E-state index in [0.717, 1.165) is 28.7 Å². The van der Waals surface area contributed by atoms with E-state index in [1.54, 1.807) is 19.1 Å². The molecule has 86 heavy (non-hydrogen) atoms. The average molecular weight is 1170 g/mol. The molecule has 0 aliphatic heterocycles. The molecule has 0 amide bonds. The van der Waals surface area contributed by atoms with Gasteiger partial charge in [0.1, 0.15) is 11.6 Å². The van der Waals surface area contributed by atoms with Gasteiger partial charge in [-0.25, -0.2) is 8.78 Å². The molecule has 8 rings (SSSR count). The van der Waals surface area contributed by atoms with E-state index in [-0.39, 0.29) is 17.6 Å². The molecule has 468 valence electrons. The lowest BCUT2D eigenvalue weighted by Crippen LogP contribution is -1.96. The largest absolute Gasteiger partial charge is 0.207 e. The number of benzene rings is 8. The van der Waals surface area contributed by atoms with E-state index in [2.05, 4.69) is 287 Å². The van der Waals surface area contributed by atoms with Gasteiger partial charge in [-0.05, 0) is 219 Å². The number of hydrogen-bond acceptors (Lipinski definition) is 0. The molecule has 0 saturated carbocycles. The summed E-state index contributed by atoms with van der Waals surface area (Å²) in [5, 5.41) is 0. The molecule has 8 aromatic carbocycles. The van der Waals surface area contributed by atoms with Crippen LogP contribution in [0.1, 0.15) is 271 Å². The monoisotopic (exact) mass is 1160 g/mol. The number of halogens is 2. The molecule has 0 bridgehead atoms. The van der Waals surface area contributed by atoms with Gasteiger partial charge >= 0.3 is 0 Å². The Balaban J connectivity index is 0.000000492. The van der Waals surface area contributed by atoms with Crippen LogP contribution in [0, 0.1) is 80.9 Å². The normalized spacial score (nSPS) is 10.6. The first-order valence-corrected chi connectivity index (χ1v) is 32.1. The summed E-state index contributed by atoms with van der Waals surface area (Å²) in [6.07, 6.45) is 1.14. The van der Waals surface area contributed by atoms with Crippen LogP contribution in [0.4, 0.5) is 8.78 Å². The topological polar surface area (TPSA) is 0 Å². The Morgan fingerprint density at radius 1 is 0.256 bits per heavy atom. The Labute approximate surface area is 527 Å². The number of aryl methyl sites for hydroxylation is 11. The first kappa shape index (κ1) is 77.6. The van der Waals surface area contributed by atoms with Crippen LogP contribution in [0.2, 0.25) is 0 Å². The average Bonchev–Trinajstić information content (AvgIpc) is 3.64. The molecular formula is C84H118F2. The minimum absolute atomic E-state index is 0.0833. The van der Waals surface area contributed by atoms with Crippen molar-refractivity contribution >= 4 is 0 Å². The van der Waals surface area contributed by atoms with Gasteiger partial charge in [-0.1, -0.05) is 292 Å². The maximum absolute atomic E-state index is 13.1. The Kier molecular flexibility index (Phi) is 36.2. The molecule has 0 fully saturated rings. The molecule has 0 aliphatic carbocycles. The molecule has 0 aliphatic rings. The third-order valence-corrected chi connectivity index (χ3v) is 15.4. The van der Waals surface area contributed by atoms with Crippen molar-refractivity contribution in [1.29, 1.82) is 0 Å². The quantitative estimate of drug-likeness (QED) is 0.135. The minimum Gasteiger partial charge on any atom is -0.207 e. The van der Waals surface area contributed by atoms with Crippen molar-refractivity contribution in [3.8, 4) is 0 Å². The molecule has 0 N–H and O–H groups in total. The summed E-state index contributed by atoms with van der Waals surface area (Å²) in [7, 11) is 0. The van der Waals surface area contributed by atoms with Gasteiger partial charge in [0.05, 0.1) is 0 Å². The zero-order chi connectivity index (χ0) is 65.5. The predicted molar refractivity (Wildman–Crippen MR) is 381 cm³/mol. The van der Waals surface area contributed by atoms with E-state index < -0.39 is 0 Å². The van der Waals surface area contributed by atoms with Crippen molar-refractivity contribution in [1.82, 2.24) is 0 Å². The molecule has 0 aromatic heterocycles. The van der Waals surface area contributed by atoms with Crippen LogP contribution in [-0.4, -0.2) is 0 Å². The molecule has 0 saturated heterocycles. The van der Waals surface area contributed by atoms with E-state index >= 15 is 0 Å². The van der Waals surface area contributed by atoms with Crippen LogP contribution in [0.15, 0.2) is 164 Å². The number of rotatable bonds is 9. The highest BCUT2D eigenvalue weighted by atomic mass is 19.1. The van der Waals surface area contributed by atoms with Crippen molar-refractivity contribution in [2.75, 3.05) is 0 Å². The van der Waals surface area contributed by atoms with Gasteiger partial charge in [-0.15, -0.1) is 0 Å². The van der Waals surface area contributed by atoms with Gasteiger partial charge in [0.25, 0.3) is 0 Å². The standard InChI is InChI=1S/C12H18.2C11H16.2C10H13F.3C10H14/c1-8(2)12-10(4)6-9(3)7-11(12)5;1-8(2)11-9(3)6-5-7-10(11)4;1-4-10-5-7-11(8-6-10)9(2)3;1-7(2)9-5-4-8(3)10(11)6-9;1-7(2)9-5-4-8(3)6-10(9)11;3*1-8(2)10-6-4-9(3)5-7-10/h6-8H,1-5H3;5-8H,1-4H3;5-9H,4H2,1-3H3;2*4-7H,1-3H3;3*4-8H,1-3H3. The molecule has 0 unspecified atom stereocenters. The Bertz CT molecular complexity index is 2940.